The van der Waals surface area contributed by atoms with Crippen molar-refractivity contribution >= 4 is 60.6 Å². The van der Waals surface area contributed by atoms with E-state index in [-0.39, 0.29) is 38.6 Å². The Hall–Kier alpha value is -3.70. The maximum absolute atomic E-state index is 13.3. The molecule has 0 saturated carbocycles. The predicted molar refractivity (Wildman–Crippen MR) is 140 cm³/mol. The van der Waals surface area contributed by atoms with Gasteiger partial charge in [0.2, 0.25) is 12.0 Å². The number of methoxy groups -OCH3 is 2. The van der Waals surface area contributed by atoms with Gasteiger partial charge in [0, 0.05) is 34.1 Å². The molecule has 0 radical (unpaired) electrons. The van der Waals surface area contributed by atoms with Crippen molar-refractivity contribution in [3.05, 3.63) is 73.1 Å². The minimum atomic E-state index is -1.31. The maximum atomic E-state index is 13.3. The molecule has 188 valence electrons. The first-order chi connectivity index (χ1) is 17.7. The van der Waals surface area contributed by atoms with Crippen LogP contribution < -0.4 is 10.4 Å². The van der Waals surface area contributed by atoms with Gasteiger partial charge < -0.3 is 18.6 Å². The molecule has 1 aliphatic heterocycles. The highest BCUT2D eigenvalue weighted by Crippen LogP contribution is 2.50. The lowest BCUT2D eigenvalue weighted by molar-refractivity contribution is -0.149. The van der Waals surface area contributed by atoms with Crippen LogP contribution in [-0.4, -0.2) is 36.6 Å². The number of aromatic nitrogens is 1. The van der Waals surface area contributed by atoms with E-state index in [2.05, 4.69) is 31.9 Å². The van der Waals surface area contributed by atoms with Gasteiger partial charge in [-0.05, 0) is 50.1 Å². The largest absolute Gasteiger partial charge is 0.472 e. The molecule has 2 aromatic carbocycles. The van der Waals surface area contributed by atoms with Crippen LogP contribution >= 0.6 is 31.9 Å². The van der Waals surface area contributed by atoms with E-state index in [0.717, 1.165) is 0 Å². The number of hydrogen-bond acceptors (Lipinski definition) is 8. The molecular formula is C26H17Br2NO8. The molecule has 2 aromatic heterocycles. The van der Waals surface area contributed by atoms with E-state index >= 15 is 0 Å². The molecule has 5 rings (SSSR count). The number of nitrogens with zero attached hydrogens (tertiary/aromatic N) is 1. The van der Waals surface area contributed by atoms with Crippen molar-refractivity contribution < 1.29 is 33.0 Å². The Labute approximate surface area is 226 Å². The quantitative estimate of drug-likeness (QED) is 0.272. The molecule has 11 heteroatoms. The van der Waals surface area contributed by atoms with Crippen LogP contribution in [0.3, 0.4) is 0 Å². The van der Waals surface area contributed by atoms with Crippen molar-refractivity contribution in [3.63, 3.8) is 0 Å². The molecule has 37 heavy (non-hydrogen) atoms. The molecule has 1 unspecified atom stereocenters. The molecule has 1 atom stereocenters. The Morgan fingerprint density at radius 2 is 1.73 bits per heavy atom. The summed E-state index contributed by atoms with van der Waals surface area (Å²) in [5, 5.41) is 0.657. The molecule has 4 aromatic rings. The lowest BCUT2D eigenvalue weighted by Crippen LogP contribution is -2.26. The SMILES string of the molecule is COC(=O)c1c(Br)cc2c(c1Br)OC(C(=O)OC)c1cc(-c3cn(C(C)=O)c4ccccc34)c(=O)oc1-2. The van der Waals surface area contributed by atoms with Gasteiger partial charge in [0.05, 0.1) is 40.9 Å². The number of carbonyl (C=O) groups excluding carboxylic acids is 3. The summed E-state index contributed by atoms with van der Waals surface area (Å²) in [5.74, 6) is -1.43. The van der Waals surface area contributed by atoms with Crippen molar-refractivity contribution in [2.75, 3.05) is 14.2 Å². The summed E-state index contributed by atoms with van der Waals surface area (Å²) in [6.07, 6.45) is 0.256. The topological polar surface area (TPSA) is 114 Å². The van der Waals surface area contributed by atoms with Crippen LogP contribution in [0.5, 0.6) is 5.75 Å². The van der Waals surface area contributed by atoms with Crippen molar-refractivity contribution in [3.8, 4) is 28.2 Å². The van der Waals surface area contributed by atoms with E-state index in [9.17, 15) is 19.2 Å². The van der Waals surface area contributed by atoms with E-state index < -0.39 is 23.7 Å². The molecule has 3 heterocycles. The van der Waals surface area contributed by atoms with Gasteiger partial charge in [-0.25, -0.2) is 14.4 Å². The summed E-state index contributed by atoms with van der Waals surface area (Å²) < 4.78 is 23.6. The van der Waals surface area contributed by atoms with Crippen LogP contribution in [0.25, 0.3) is 33.4 Å². The summed E-state index contributed by atoms with van der Waals surface area (Å²) in [5.41, 5.74) is 1.24. The minimum absolute atomic E-state index is 0.0820. The highest BCUT2D eigenvalue weighted by molar-refractivity contribution is 9.11. The Morgan fingerprint density at radius 1 is 1.00 bits per heavy atom. The standard InChI is InChI=1S/C26H17Br2NO8/c1-11(30)29-10-16(12-6-4-5-7-18(12)29)13-8-14-21(37-24(13)31)15-9-17(27)19(25(32)34-2)20(28)22(15)36-23(14)26(33)35-3/h4-10,23H,1-3H3. The molecule has 0 aliphatic carbocycles. The van der Waals surface area contributed by atoms with Gasteiger partial charge in [-0.3, -0.25) is 9.36 Å². The number of para-hydroxylation sites is 1. The lowest BCUT2D eigenvalue weighted by atomic mass is 9.95. The number of ether oxygens (including phenoxy) is 3. The molecule has 0 fully saturated rings. The zero-order chi connectivity index (χ0) is 26.6. The second kappa shape index (κ2) is 9.31. The van der Waals surface area contributed by atoms with Crippen LogP contribution in [0.2, 0.25) is 0 Å². The normalized spacial score (nSPS) is 13.9. The summed E-state index contributed by atoms with van der Waals surface area (Å²) in [4.78, 5) is 50.7. The van der Waals surface area contributed by atoms with Crippen LogP contribution in [0.4, 0.5) is 0 Å². The first-order valence-corrected chi connectivity index (χ1v) is 12.4. The van der Waals surface area contributed by atoms with Gasteiger partial charge in [0.25, 0.3) is 0 Å². The summed E-state index contributed by atoms with van der Waals surface area (Å²) in [7, 11) is 2.44. The smallest absolute Gasteiger partial charge is 0.351 e. The molecule has 0 saturated heterocycles. The van der Waals surface area contributed by atoms with E-state index in [4.69, 9.17) is 18.6 Å². The van der Waals surface area contributed by atoms with E-state index in [1.165, 1.54) is 31.8 Å². The summed E-state index contributed by atoms with van der Waals surface area (Å²) in [6.45, 7) is 1.42. The second-order valence-corrected chi connectivity index (χ2v) is 9.76. The van der Waals surface area contributed by atoms with Crippen LogP contribution in [0.1, 0.15) is 33.7 Å². The van der Waals surface area contributed by atoms with Gasteiger partial charge >= 0.3 is 17.6 Å². The van der Waals surface area contributed by atoms with Crippen LogP contribution in [0, 0.1) is 0 Å². The number of halogens is 2. The molecule has 0 N–H and O–H groups in total. The lowest BCUT2D eigenvalue weighted by Gasteiger charge is -2.27. The zero-order valence-electron chi connectivity index (χ0n) is 19.6. The van der Waals surface area contributed by atoms with Crippen LogP contribution in [-0.2, 0) is 14.3 Å². The third-order valence-electron chi connectivity index (χ3n) is 6.06. The van der Waals surface area contributed by atoms with Crippen molar-refractivity contribution in [2.24, 2.45) is 0 Å². The Bertz CT molecular complexity index is 1700. The minimum Gasteiger partial charge on any atom is -0.472 e. The van der Waals surface area contributed by atoms with E-state index in [1.54, 1.807) is 36.5 Å². The number of rotatable bonds is 3. The fourth-order valence-corrected chi connectivity index (χ4v) is 5.91. The molecule has 0 bridgehead atoms. The highest BCUT2D eigenvalue weighted by atomic mass is 79.9. The molecular weight excluding hydrogens is 614 g/mol. The Kier molecular flexibility index (Phi) is 6.28. The zero-order valence-corrected chi connectivity index (χ0v) is 22.8. The fourth-order valence-electron chi connectivity index (χ4n) is 4.37. The van der Waals surface area contributed by atoms with Gasteiger partial charge in [0.15, 0.2) is 0 Å². The van der Waals surface area contributed by atoms with Crippen molar-refractivity contribution in [1.82, 2.24) is 4.57 Å². The van der Waals surface area contributed by atoms with Gasteiger partial charge in [-0.1, -0.05) is 18.2 Å². The molecule has 0 spiro atoms. The number of hydrogen-bond donors (Lipinski definition) is 0. The third-order valence-corrected chi connectivity index (χ3v) is 7.44. The average Bonchev–Trinajstić information content (AvgIpc) is 3.27. The van der Waals surface area contributed by atoms with Gasteiger partial charge in [-0.2, -0.15) is 0 Å². The number of fused-ring (bicyclic) bond motifs is 4. The van der Waals surface area contributed by atoms with E-state index in [0.29, 0.717) is 26.5 Å². The van der Waals surface area contributed by atoms with E-state index in [1.807, 2.05) is 0 Å². The molecule has 1 aliphatic rings. The third kappa shape index (κ3) is 3.89. The van der Waals surface area contributed by atoms with Crippen LogP contribution in [0.15, 0.2) is 60.8 Å². The summed E-state index contributed by atoms with van der Waals surface area (Å²) >= 11 is 6.72. The number of carbonyl (C=O) groups is 3. The number of benzene rings is 2. The highest BCUT2D eigenvalue weighted by Gasteiger charge is 2.38. The molecule has 0 amide bonds. The Balaban J connectivity index is 1.80. The molecule has 9 nitrogen and oxygen atoms in total. The van der Waals surface area contributed by atoms with Gasteiger partial charge in [-0.15, -0.1) is 0 Å². The first-order valence-electron chi connectivity index (χ1n) is 10.8. The number of esters is 2. The Morgan fingerprint density at radius 3 is 2.41 bits per heavy atom. The first kappa shape index (κ1) is 25.0. The van der Waals surface area contributed by atoms with Crippen molar-refractivity contribution in [1.29, 1.82) is 0 Å². The maximum Gasteiger partial charge on any atom is 0.351 e. The fraction of sp³-hybridized carbons (Fsp3) is 0.154. The average molecular weight is 631 g/mol. The van der Waals surface area contributed by atoms with Gasteiger partial charge in [0.1, 0.15) is 11.5 Å². The predicted octanol–water partition coefficient (Wildman–Crippen LogP) is 5.51. The second-order valence-electron chi connectivity index (χ2n) is 8.12. The van der Waals surface area contributed by atoms with Crippen molar-refractivity contribution in [2.45, 2.75) is 13.0 Å². The monoisotopic (exact) mass is 629 g/mol. The summed E-state index contributed by atoms with van der Waals surface area (Å²) in [6, 6.07) is 10.2.